The SMILES string of the molecule is CCN(C(=O)OCc1ccccc1)C1CCN(CC2CC(Cc3ccccc3)CC2c2ccccc2)CC1. The second-order valence-corrected chi connectivity index (χ2v) is 11.2. The summed E-state index contributed by atoms with van der Waals surface area (Å²) in [7, 11) is 0. The summed E-state index contributed by atoms with van der Waals surface area (Å²) in [4.78, 5) is 17.5. The van der Waals surface area contributed by atoms with Crippen LogP contribution in [0.4, 0.5) is 4.79 Å². The number of hydrogen-bond acceptors (Lipinski definition) is 3. The van der Waals surface area contributed by atoms with Crippen molar-refractivity contribution in [1.82, 2.24) is 9.80 Å². The Morgan fingerprint density at radius 3 is 2.08 bits per heavy atom. The van der Waals surface area contributed by atoms with Gasteiger partial charge in [0.25, 0.3) is 0 Å². The quantitative estimate of drug-likeness (QED) is 0.306. The zero-order valence-corrected chi connectivity index (χ0v) is 22.8. The molecule has 0 radical (unpaired) electrons. The minimum Gasteiger partial charge on any atom is -0.445 e. The predicted molar refractivity (Wildman–Crippen MR) is 154 cm³/mol. The van der Waals surface area contributed by atoms with Gasteiger partial charge in [-0.1, -0.05) is 91.0 Å². The molecule has 2 fully saturated rings. The summed E-state index contributed by atoms with van der Waals surface area (Å²) in [5, 5.41) is 0. The van der Waals surface area contributed by atoms with E-state index in [1.54, 1.807) is 0 Å². The van der Waals surface area contributed by atoms with Gasteiger partial charge in [-0.05, 0) is 73.5 Å². The third kappa shape index (κ3) is 6.85. The molecule has 0 N–H and O–H groups in total. The standard InChI is InChI=1S/C34H42N2O2/c1-2-36(34(37)38-26-28-14-8-4-9-15-28)32-18-20-35(21-19-32)25-31-23-29(22-27-12-6-3-7-13-27)24-33(31)30-16-10-5-11-17-30/h3-17,29,31-33H,2,18-26H2,1H3. The summed E-state index contributed by atoms with van der Waals surface area (Å²) in [6, 6.07) is 32.4. The van der Waals surface area contributed by atoms with E-state index in [1.165, 1.54) is 30.4 Å². The van der Waals surface area contributed by atoms with Gasteiger partial charge in [-0.25, -0.2) is 4.79 Å². The van der Waals surface area contributed by atoms with Gasteiger partial charge in [-0.2, -0.15) is 0 Å². The van der Waals surface area contributed by atoms with E-state index in [4.69, 9.17) is 4.74 Å². The van der Waals surface area contributed by atoms with Crippen LogP contribution in [0.15, 0.2) is 91.0 Å². The van der Waals surface area contributed by atoms with E-state index in [-0.39, 0.29) is 12.1 Å². The third-order valence-electron chi connectivity index (χ3n) is 8.66. The maximum Gasteiger partial charge on any atom is 0.410 e. The maximum absolute atomic E-state index is 12.9. The molecule has 4 heteroatoms. The van der Waals surface area contributed by atoms with Crippen LogP contribution in [0.25, 0.3) is 0 Å². The monoisotopic (exact) mass is 510 g/mol. The van der Waals surface area contributed by atoms with Crippen molar-refractivity contribution in [2.75, 3.05) is 26.2 Å². The molecule has 1 aliphatic heterocycles. The van der Waals surface area contributed by atoms with E-state index in [0.717, 1.165) is 44.0 Å². The fourth-order valence-corrected chi connectivity index (χ4v) is 6.75. The Morgan fingerprint density at radius 2 is 1.45 bits per heavy atom. The Hall–Kier alpha value is -3.11. The number of rotatable bonds is 9. The largest absolute Gasteiger partial charge is 0.445 e. The molecule has 3 aromatic rings. The molecule has 4 nitrogen and oxygen atoms in total. The van der Waals surface area contributed by atoms with Gasteiger partial charge >= 0.3 is 6.09 Å². The predicted octanol–water partition coefficient (Wildman–Crippen LogP) is 7.16. The second-order valence-electron chi connectivity index (χ2n) is 11.2. The van der Waals surface area contributed by atoms with Crippen LogP contribution in [0.1, 0.15) is 55.2 Å². The first kappa shape index (κ1) is 26.5. The molecule has 1 saturated carbocycles. The summed E-state index contributed by atoms with van der Waals surface area (Å²) < 4.78 is 5.67. The zero-order valence-electron chi connectivity index (χ0n) is 22.8. The number of nitrogens with zero attached hydrogens (tertiary/aromatic N) is 2. The lowest BCUT2D eigenvalue weighted by Gasteiger charge is -2.39. The van der Waals surface area contributed by atoms with Gasteiger partial charge in [-0.3, -0.25) is 0 Å². The van der Waals surface area contributed by atoms with Gasteiger partial charge < -0.3 is 14.5 Å². The van der Waals surface area contributed by atoms with Crippen molar-refractivity contribution in [3.8, 4) is 0 Å². The maximum atomic E-state index is 12.9. The van der Waals surface area contributed by atoms with Crippen LogP contribution in [-0.4, -0.2) is 48.1 Å². The zero-order chi connectivity index (χ0) is 26.2. The fourth-order valence-electron chi connectivity index (χ4n) is 6.75. The van der Waals surface area contributed by atoms with Gasteiger partial charge in [0.15, 0.2) is 0 Å². The molecule has 3 unspecified atom stereocenters. The Labute approximate surface area is 228 Å². The molecule has 200 valence electrons. The highest BCUT2D eigenvalue weighted by Gasteiger charge is 2.37. The van der Waals surface area contributed by atoms with Crippen molar-refractivity contribution in [3.63, 3.8) is 0 Å². The fraction of sp³-hybridized carbons (Fsp3) is 0.441. The molecule has 5 rings (SSSR count). The summed E-state index contributed by atoms with van der Waals surface area (Å²) in [6.45, 7) is 6.34. The molecule has 3 atom stereocenters. The summed E-state index contributed by atoms with van der Waals surface area (Å²) in [5.41, 5.74) is 3.99. The Bertz CT molecular complexity index is 1110. The molecule has 3 aromatic carbocycles. The van der Waals surface area contributed by atoms with E-state index >= 15 is 0 Å². The number of likely N-dealkylation sites (tertiary alicyclic amines) is 1. The van der Waals surface area contributed by atoms with Crippen LogP contribution in [0, 0.1) is 11.8 Å². The second kappa shape index (κ2) is 13.1. The third-order valence-corrected chi connectivity index (χ3v) is 8.66. The van der Waals surface area contributed by atoms with Gasteiger partial charge in [0.2, 0.25) is 0 Å². The van der Waals surface area contributed by atoms with Crippen molar-refractivity contribution in [3.05, 3.63) is 108 Å². The van der Waals surface area contributed by atoms with Crippen molar-refractivity contribution in [2.24, 2.45) is 11.8 Å². The van der Waals surface area contributed by atoms with E-state index in [0.29, 0.717) is 25.0 Å². The summed E-state index contributed by atoms with van der Waals surface area (Å²) in [5.74, 6) is 2.05. The highest BCUT2D eigenvalue weighted by atomic mass is 16.6. The van der Waals surface area contributed by atoms with Crippen LogP contribution in [0.2, 0.25) is 0 Å². The summed E-state index contributed by atoms with van der Waals surface area (Å²) >= 11 is 0. The molecule has 0 spiro atoms. The van der Waals surface area contributed by atoms with E-state index < -0.39 is 0 Å². The number of carbonyl (C=O) groups is 1. The molecular weight excluding hydrogens is 468 g/mol. The molecule has 0 aromatic heterocycles. The molecule has 1 saturated heterocycles. The van der Waals surface area contributed by atoms with E-state index in [9.17, 15) is 4.79 Å². The minimum atomic E-state index is -0.182. The average molecular weight is 511 g/mol. The molecular formula is C34H42N2O2. The van der Waals surface area contributed by atoms with Crippen LogP contribution in [0.3, 0.4) is 0 Å². The van der Waals surface area contributed by atoms with Gasteiger partial charge in [-0.15, -0.1) is 0 Å². The lowest BCUT2D eigenvalue weighted by molar-refractivity contribution is 0.0601. The highest BCUT2D eigenvalue weighted by molar-refractivity contribution is 5.68. The normalized spacial score (nSPS) is 22.3. The minimum absolute atomic E-state index is 0.182. The van der Waals surface area contributed by atoms with Gasteiger partial charge in [0, 0.05) is 32.2 Å². The number of ether oxygens (including phenoxy) is 1. The van der Waals surface area contributed by atoms with Gasteiger partial charge in [0.1, 0.15) is 6.61 Å². The number of amides is 1. The van der Waals surface area contributed by atoms with Crippen LogP contribution >= 0.6 is 0 Å². The first-order valence-electron chi connectivity index (χ1n) is 14.5. The number of piperidine rings is 1. The summed E-state index contributed by atoms with van der Waals surface area (Å²) in [6.07, 6.45) is 5.60. The van der Waals surface area contributed by atoms with Crippen molar-refractivity contribution < 1.29 is 9.53 Å². The van der Waals surface area contributed by atoms with Crippen LogP contribution in [0.5, 0.6) is 0 Å². The van der Waals surface area contributed by atoms with E-state index in [2.05, 4.69) is 72.5 Å². The Morgan fingerprint density at radius 1 is 0.842 bits per heavy atom. The Balaban J connectivity index is 1.16. The molecule has 1 aliphatic carbocycles. The molecule has 38 heavy (non-hydrogen) atoms. The van der Waals surface area contributed by atoms with Crippen molar-refractivity contribution >= 4 is 6.09 Å². The first-order chi connectivity index (χ1) is 18.7. The smallest absolute Gasteiger partial charge is 0.410 e. The highest BCUT2D eigenvalue weighted by Crippen LogP contribution is 2.45. The van der Waals surface area contributed by atoms with Crippen molar-refractivity contribution in [2.45, 2.75) is 57.6 Å². The lowest BCUT2D eigenvalue weighted by Crippen LogP contribution is -2.48. The molecule has 2 aliphatic rings. The number of carbonyl (C=O) groups excluding carboxylic acids is 1. The molecule has 1 amide bonds. The van der Waals surface area contributed by atoms with E-state index in [1.807, 2.05) is 35.2 Å². The van der Waals surface area contributed by atoms with Crippen molar-refractivity contribution in [1.29, 1.82) is 0 Å². The number of hydrogen-bond donors (Lipinski definition) is 0. The first-order valence-corrected chi connectivity index (χ1v) is 14.5. The average Bonchev–Trinajstić information content (AvgIpc) is 3.36. The van der Waals surface area contributed by atoms with Gasteiger partial charge in [0.05, 0.1) is 0 Å². The number of benzene rings is 3. The topological polar surface area (TPSA) is 32.8 Å². The Kier molecular flexibility index (Phi) is 9.14. The van der Waals surface area contributed by atoms with Crippen LogP contribution < -0.4 is 0 Å². The van der Waals surface area contributed by atoms with Crippen LogP contribution in [-0.2, 0) is 17.8 Å². The lowest BCUT2D eigenvalue weighted by atomic mass is 9.88. The molecule has 1 heterocycles. The molecule has 0 bridgehead atoms.